The zero-order valence-electron chi connectivity index (χ0n) is 11.4. The van der Waals surface area contributed by atoms with Crippen molar-refractivity contribution in [1.82, 2.24) is 4.90 Å². The molecule has 2 heterocycles. The predicted molar refractivity (Wildman–Crippen MR) is 77.4 cm³/mol. The Morgan fingerprint density at radius 1 is 1.24 bits per heavy atom. The molecule has 0 radical (unpaired) electrons. The van der Waals surface area contributed by atoms with Gasteiger partial charge in [-0.2, -0.15) is 0 Å². The van der Waals surface area contributed by atoms with E-state index in [4.69, 9.17) is 5.11 Å². The van der Waals surface area contributed by atoms with Crippen molar-refractivity contribution in [3.63, 3.8) is 0 Å². The number of carbonyl (C=O) groups excluding carboxylic acids is 2. The molecule has 1 aromatic heterocycles. The van der Waals surface area contributed by atoms with Crippen LogP contribution in [0.2, 0.25) is 0 Å². The molecule has 112 valence electrons. The summed E-state index contributed by atoms with van der Waals surface area (Å²) in [4.78, 5) is 37.0. The van der Waals surface area contributed by atoms with Gasteiger partial charge in [0.1, 0.15) is 6.04 Å². The number of amides is 2. The van der Waals surface area contributed by atoms with Crippen molar-refractivity contribution in [2.24, 2.45) is 5.92 Å². The molecule has 6 nitrogen and oxygen atoms in total. The molecule has 1 aliphatic carbocycles. The third-order valence-electron chi connectivity index (χ3n) is 3.81. The van der Waals surface area contributed by atoms with Gasteiger partial charge in [0.25, 0.3) is 5.91 Å². The van der Waals surface area contributed by atoms with Crippen molar-refractivity contribution in [2.45, 2.75) is 31.7 Å². The highest BCUT2D eigenvalue weighted by atomic mass is 32.1. The highest BCUT2D eigenvalue weighted by molar-refractivity contribution is 7.18. The lowest BCUT2D eigenvalue weighted by Crippen LogP contribution is -2.40. The van der Waals surface area contributed by atoms with Gasteiger partial charge >= 0.3 is 5.97 Å². The number of rotatable bonds is 4. The van der Waals surface area contributed by atoms with E-state index in [1.54, 1.807) is 12.1 Å². The Balaban J connectivity index is 1.68. The highest BCUT2D eigenvalue weighted by Gasteiger charge is 2.35. The molecule has 1 aliphatic heterocycles. The number of carbonyl (C=O) groups is 3. The Morgan fingerprint density at radius 3 is 2.67 bits per heavy atom. The van der Waals surface area contributed by atoms with Crippen LogP contribution in [0.5, 0.6) is 0 Å². The first-order valence-electron chi connectivity index (χ1n) is 7.01. The number of aliphatic carboxylic acids is 1. The van der Waals surface area contributed by atoms with E-state index in [1.807, 2.05) is 0 Å². The number of hydrogen-bond donors (Lipinski definition) is 2. The van der Waals surface area contributed by atoms with Crippen LogP contribution < -0.4 is 5.32 Å². The molecule has 1 atom stereocenters. The molecule has 2 aliphatic rings. The fourth-order valence-corrected chi connectivity index (χ4v) is 3.36. The lowest BCUT2D eigenvalue weighted by Gasteiger charge is -2.20. The Morgan fingerprint density at radius 2 is 2.00 bits per heavy atom. The van der Waals surface area contributed by atoms with Crippen LogP contribution in [-0.4, -0.2) is 40.4 Å². The average molecular weight is 308 g/mol. The summed E-state index contributed by atoms with van der Waals surface area (Å²) in [7, 11) is 0. The Labute approximate surface area is 125 Å². The topological polar surface area (TPSA) is 86.7 Å². The first kappa shape index (κ1) is 14.1. The molecule has 1 saturated heterocycles. The molecule has 0 aromatic carbocycles. The van der Waals surface area contributed by atoms with E-state index in [2.05, 4.69) is 5.32 Å². The second kappa shape index (κ2) is 5.48. The number of anilines is 1. The third-order valence-corrected chi connectivity index (χ3v) is 4.80. The maximum absolute atomic E-state index is 12.4. The second-order valence-corrected chi connectivity index (χ2v) is 6.51. The van der Waals surface area contributed by atoms with E-state index in [9.17, 15) is 14.4 Å². The fraction of sp³-hybridized carbons (Fsp3) is 0.500. The van der Waals surface area contributed by atoms with Gasteiger partial charge in [0.05, 0.1) is 9.88 Å². The first-order chi connectivity index (χ1) is 10.1. The molecule has 0 spiro atoms. The predicted octanol–water partition coefficient (Wildman–Crippen LogP) is 1.79. The highest BCUT2D eigenvalue weighted by Crippen LogP contribution is 2.32. The number of hydrogen-bond acceptors (Lipinski definition) is 4. The van der Waals surface area contributed by atoms with Crippen LogP contribution in [0.4, 0.5) is 5.00 Å². The van der Waals surface area contributed by atoms with Gasteiger partial charge in [-0.25, -0.2) is 4.79 Å². The Hall–Kier alpha value is -1.89. The number of nitrogens with zero attached hydrogens (tertiary/aromatic N) is 1. The summed E-state index contributed by atoms with van der Waals surface area (Å²) >= 11 is 1.20. The molecular formula is C14H16N2O4S. The lowest BCUT2D eigenvalue weighted by molar-refractivity contribution is -0.141. The van der Waals surface area contributed by atoms with Crippen molar-refractivity contribution in [1.29, 1.82) is 0 Å². The van der Waals surface area contributed by atoms with Crippen LogP contribution in [0.1, 0.15) is 35.4 Å². The summed E-state index contributed by atoms with van der Waals surface area (Å²) in [5.74, 6) is -1.11. The minimum absolute atomic E-state index is 0.000402. The van der Waals surface area contributed by atoms with Crippen LogP contribution in [0.3, 0.4) is 0 Å². The number of carboxylic acid groups (broad SMARTS) is 1. The Bertz CT molecular complexity index is 594. The Kier molecular flexibility index (Phi) is 3.67. The smallest absolute Gasteiger partial charge is 0.326 e. The summed E-state index contributed by atoms with van der Waals surface area (Å²) in [5, 5.41) is 12.6. The van der Waals surface area contributed by atoms with E-state index >= 15 is 0 Å². The van der Waals surface area contributed by atoms with Crippen molar-refractivity contribution in [3.05, 3.63) is 17.0 Å². The minimum Gasteiger partial charge on any atom is -0.480 e. The quantitative estimate of drug-likeness (QED) is 0.887. The van der Waals surface area contributed by atoms with Crippen LogP contribution in [0.15, 0.2) is 12.1 Å². The summed E-state index contributed by atoms with van der Waals surface area (Å²) < 4.78 is 0. The van der Waals surface area contributed by atoms with E-state index in [1.165, 1.54) is 16.2 Å². The molecule has 0 bridgehead atoms. The molecule has 2 fully saturated rings. The van der Waals surface area contributed by atoms with Crippen molar-refractivity contribution < 1.29 is 19.5 Å². The molecule has 7 heteroatoms. The van der Waals surface area contributed by atoms with Crippen LogP contribution in [0.25, 0.3) is 0 Å². The van der Waals surface area contributed by atoms with Crippen LogP contribution in [-0.2, 0) is 9.59 Å². The largest absolute Gasteiger partial charge is 0.480 e. The van der Waals surface area contributed by atoms with Crippen molar-refractivity contribution in [2.75, 3.05) is 11.9 Å². The number of nitrogens with one attached hydrogen (secondary N) is 1. The number of likely N-dealkylation sites (tertiary alicyclic amines) is 1. The van der Waals surface area contributed by atoms with E-state index < -0.39 is 12.0 Å². The van der Waals surface area contributed by atoms with Gasteiger partial charge in [-0.05, 0) is 37.8 Å². The van der Waals surface area contributed by atoms with Gasteiger partial charge in [-0.15, -0.1) is 11.3 Å². The summed E-state index contributed by atoms with van der Waals surface area (Å²) in [6, 6.07) is 2.61. The molecule has 1 aromatic rings. The third kappa shape index (κ3) is 2.92. The molecule has 1 saturated carbocycles. The monoisotopic (exact) mass is 308 g/mol. The molecule has 2 N–H and O–H groups in total. The average Bonchev–Trinajstić information content (AvgIpc) is 3.00. The van der Waals surface area contributed by atoms with Crippen LogP contribution >= 0.6 is 11.3 Å². The normalized spacial score (nSPS) is 21.3. The van der Waals surface area contributed by atoms with E-state index in [0.717, 1.165) is 12.8 Å². The van der Waals surface area contributed by atoms with Gasteiger partial charge in [0, 0.05) is 12.5 Å². The lowest BCUT2D eigenvalue weighted by atomic mass is 10.2. The van der Waals surface area contributed by atoms with Crippen molar-refractivity contribution >= 4 is 34.1 Å². The second-order valence-electron chi connectivity index (χ2n) is 5.42. The summed E-state index contributed by atoms with van der Waals surface area (Å²) in [6.45, 7) is 0.470. The first-order valence-corrected chi connectivity index (χ1v) is 7.82. The van der Waals surface area contributed by atoms with Gasteiger partial charge in [-0.3, -0.25) is 9.59 Å². The van der Waals surface area contributed by atoms with Crippen molar-refractivity contribution in [3.8, 4) is 0 Å². The molecule has 3 rings (SSSR count). The standard InChI is InChI=1S/C14H16N2O4S/c17-12(8-3-4-8)15-11-6-5-10(21-11)13(18)16-7-1-2-9(16)14(19)20/h5-6,8-9H,1-4,7H2,(H,15,17)(H,19,20). The number of carboxylic acids is 1. The number of thiophene rings is 1. The molecular weight excluding hydrogens is 292 g/mol. The van der Waals surface area contributed by atoms with Gasteiger partial charge in [0.2, 0.25) is 5.91 Å². The zero-order chi connectivity index (χ0) is 15.0. The molecule has 1 unspecified atom stereocenters. The van der Waals surface area contributed by atoms with E-state index in [-0.39, 0.29) is 17.7 Å². The van der Waals surface area contributed by atoms with Gasteiger partial charge in [0.15, 0.2) is 0 Å². The summed E-state index contributed by atoms with van der Waals surface area (Å²) in [6.07, 6.45) is 3.06. The molecule has 21 heavy (non-hydrogen) atoms. The van der Waals surface area contributed by atoms with Gasteiger partial charge in [-0.1, -0.05) is 0 Å². The minimum atomic E-state index is -0.959. The molecule has 2 amide bonds. The van der Waals surface area contributed by atoms with E-state index in [0.29, 0.717) is 29.3 Å². The summed E-state index contributed by atoms with van der Waals surface area (Å²) in [5.41, 5.74) is 0. The maximum atomic E-state index is 12.4. The SMILES string of the molecule is O=C(Nc1ccc(C(=O)N2CCCC2C(=O)O)s1)C1CC1. The maximum Gasteiger partial charge on any atom is 0.326 e. The zero-order valence-corrected chi connectivity index (χ0v) is 12.2. The fourth-order valence-electron chi connectivity index (χ4n) is 2.50. The van der Waals surface area contributed by atoms with Gasteiger partial charge < -0.3 is 15.3 Å². The van der Waals surface area contributed by atoms with Crippen LogP contribution in [0, 0.1) is 5.92 Å².